The Morgan fingerprint density at radius 3 is 2.41 bits per heavy atom. The molecule has 6 rings (SSSR count). The molecule has 7 nitrogen and oxygen atoms in total. The summed E-state index contributed by atoms with van der Waals surface area (Å²) in [5.41, 5.74) is 3.77. The third-order valence-electron chi connectivity index (χ3n) is 7.16. The Morgan fingerprint density at radius 1 is 1.03 bits per heavy atom. The zero-order chi connectivity index (χ0) is 25.6. The Labute approximate surface area is 215 Å². The van der Waals surface area contributed by atoms with Gasteiger partial charge in [-0.3, -0.25) is 4.79 Å². The van der Waals surface area contributed by atoms with Gasteiger partial charge in [-0.1, -0.05) is 71.4 Å². The number of nitrogens with zero attached hydrogens (tertiary/aromatic N) is 2. The minimum Gasteiger partial charge on any atom is -0.481 e. The number of aliphatic hydroxyl groups excluding tert-OH is 1. The van der Waals surface area contributed by atoms with Gasteiger partial charge in [-0.25, -0.2) is 0 Å². The van der Waals surface area contributed by atoms with Gasteiger partial charge < -0.3 is 19.5 Å². The van der Waals surface area contributed by atoms with Gasteiger partial charge in [0.2, 0.25) is 11.4 Å². The summed E-state index contributed by atoms with van der Waals surface area (Å²) in [6.45, 7) is 4.50. The number of hydrogen-bond donors (Lipinski definition) is 2. The first-order valence-electron chi connectivity index (χ1n) is 12.5. The molecule has 1 amide bonds. The zero-order valence-corrected chi connectivity index (χ0v) is 20.8. The number of carbonyl (C=O) groups excluding carboxylic acids is 1. The van der Waals surface area contributed by atoms with Gasteiger partial charge in [-0.05, 0) is 19.9 Å². The van der Waals surface area contributed by atoms with Gasteiger partial charge in [0.15, 0.2) is 11.1 Å². The van der Waals surface area contributed by atoms with Gasteiger partial charge in [0.1, 0.15) is 6.61 Å². The van der Waals surface area contributed by atoms with E-state index in [0.29, 0.717) is 23.6 Å². The Balaban J connectivity index is 1.77. The average molecular weight is 495 g/mol. The normalized spacial score (nSPS) is 19.4. The van der Waals surface area contributed by atoms with E-state index in [9.17, 15) is 9.90 Å². The molecule has 0 unspecified atom stereocenters. The molecule has 37 heavy (non-hydrogen) atoms. The second-order valence-electron chi connectivity index (χ2n) is 9.02. The van der Waals surface area contributed by atoms with Crippen molar-refractivity contribution in [3.63, 3.8) is 0 Å². The smallest absolute Gasteiger partial charge is 0.281 e. The number of para-hydroxylation sites is 2. The van der Waals surface area contributed by atoms with E-state index in [4.69, 9.17) is 9.47 Å². The van der Waals surface area contributed by atoms with Gasteiger partial charge in [0.25, 0.3) is 17.5 Å². The highest BCUT2D eigenvalue weighted by atomic mass is 16.6. The lowest BCUT2D eigenvalue weighted by molar-refractivity contribution is -0.664. The summed E-state index contributed by atoms with van der Waals surface area (Å²) in [5, 5.41) is 14.7. The molecule has 4 aromatic rings. The summed E-state index contributed by atoms with van der Waals surface area (Å²) in [6.07, 6.45) is 0. The number of likely N-dealkylation sites (N-methyl/N-ethyl adjacent to an activating group) is 1. The van der Waals surface area contributed by atoms with Crippen LogP contribution in [-0.2, 0) is 14.9 Å². The minimum atomic E-state index is -1.35. The number of nitrogens with one attached hydrogen (secondary N) is 1. The molecule has 7 heteroatoms. The van der Waals surface area contributed by atoms with Crippen LogP contribution in [0.3, 0.4) is 0 Å². The van der Waals surface area contributed by atoms with Crippen molar-refractivity contribution in [2.24, 2.45) is 0 Å². The third-order valence-corrected chi connectivity index (χ3v) is 7.16. The monoisotopic (exact) mass is 494 g/mol. The summed E-state index contributed by atoms with van der Waals surface area (Å²) >= 11 is 0. The molecule has 1 spiro atoms. The number of hydrogen-bond acceptors (Lipinski definition) is 4. The lowest BCUT2D eigenvalue weighted by atomic mass is 9.70. The molecule has 0 aliphatic carbocycles. The number of carbonyl (C=O) groups is 1. The summed E-state index contributed by atoms with van der Waals surface area (Å²) in [4.78, 5) is 16.4. The van der Waals surface area contributed by atoms with Crippen LogP contribution in [0.25, 0.3) is 16.9 Å². The van der Waals surface area contributed by atoms with E-state index < -0.39 is 5.41 Å². The quantitative estimate of drug-likeness (QED) is 0.308. The lowest BCUT2D eigenvalue weighted by Gasteiger charge is -2.32. The largest absolute Gasteiger partial charge is 0.481 e. The maximum atomic E-state index is 14.6. The van der Waals surface area contributed by atoms with Crippen LogP contribution in [0.5, 0.6) is 5.75 Å². The van der Waals surface area contributed by atoms with Crippen LogP contribution in [0.4, 0.5) is 5.69 Å². The first kappa shape index (κ1) is 22.9. The molecular weight excluding hydrogens is 466 g/mol. The summed E-state index contributed by atoms with van der Waals surface area (Å²) in [5.74, 6) is 0.144. The van der Waals surface area contributed by atoms with Gasteiger partial charge in [-0.2, -0.15) is 5.10 Å². The van der Waals surface area contributed by atoms with E-state index in [1.165, 1.54) is 0 Å². The summed E-state index contributed by atoms with van der Waals surface area (Å²) in [6, 6.07) is 27.5. The van der Waals surface area contributed by atoms with Gasteiger partial charge in [0.05, 0.1) is 12.2 Å². The van der Waals surface area contributed by atoms with Crippen molar-refractivity contribution in [1.82, 2.24) is 5.10 Å². The number of anilines is 1. The first-order chi connectivity index (χ1) is 18.1. The Hall–Kier alpha value is -4.52. The van der Waals surface area contributed by atoms with Gasteiger partial charge in [-0.15, -0.1) is 0 Å². The number of benzene rings is 3. The maximum absolute atomic E-state index is 14.6. The van der Waals surface area contributed by atoms with Crippen LogP contribution in [0, 0.1) is 0 Å². The first-order valence-corrected chi connectivity index (χ1v) is 12.5. The second kappa shape index (κ2) is 8.85. The van der Waals surface area contributed by atoms with Gasteiger partial charge in [0, 0.05) is 35.5 Å². The number of aromatic nitrogens is 2. The van der Waals surface area contributed by atoms with Crippen molar-refractivity contribution in [2.75, 3.05) is 24.7 Å². The van der Waals surface area contributed by atoms with Crippen molar-refractivity contribution in [3.05, 3.63) is 108 Å². The highest BCUT2D eigenvalue weighted by molar-refractivity contribution is 6.13. The van der Waals surface area contributed by atoms with Crippen LogP contribution < -0.4 is 14.3 Å². The van der Waals surface area contributed by atoms with Gasteiger partial charge >= 0.3 is 0 Å². The maximum Gasteiger partial charge on any atom is 0.281 e. The van der Waals surface area contributed by atoms with Crippen molar-refractivity contribution < 1.29 is 24.1 Å². The van der Waals surface area contributed by atoms with E-state index in [2.05, 4.69) is 5.10 Å². The van der Waals surface area contributed by atoms with Crippen molar-refractivity contribution in [2.45, 2.75) is 19.3 Å². The average Bonchev–Trinajstić information content (AvgIpc) is 3.45. The predicted molar refractivity (Wildman–Crippen MR) is 140 cm³/mol. The summed E-state index contributed by atoms with van der Waals surface area (Å²) in [7, 11) is 0. The summed E-state index contributed by atoms with van der Waals surface area (Å²) < 4.78 is 13.9. The van der Waals surface area contributed by atoms with E-state index in [0.717, 1.165) is 28.2 Å². The SMILES string of the molecule is CCO/C(O)=C1/COc2c(-c3ccccc3)[nH][n+](-c3ccccc3)c2[C@@]12C(=O)N(CC)c1ccccc12. The van der Waals surface area contributed by atoms with Crippen LogP contribution in [0.15, 0.2) is 96.4 Å². The van der Waals surface area contributed by atoms with Crippen molar-refractivity contribution in [1.29, 1.82) is 0 Å². The molecule has 2 N–H and O–H groups in total. The van der Waals surface area contributed by atoms with Crippen molar-refractivity contribution in [3.8, 4) is 22.7 Å². The number of rotatable bonds is 5. The molecule has 0 saturated heterocycles. The molecule has 1 atom stereocenters. The number of ether oxygens (including phenoxy) is 2. The van der Waals surface area contributed by atoms with Crippen LogP contribution in [0.2, 0.25) is 0 Å². The molecule has 3 aromatic carbocycles. The van der Waals surface area contributed by atoms with E-state index in [1.807, 2.05) is 96.5 Å². The highest BCUT2D eigenvalue weighted by Crippen LogP contribution is 2.56. The highest BCUT2D eigenvalue weighted by Gasteiger charge is 2.65. The van der Waals surface area contributed by atoms with E-state index in [1.54, 1.807) is 11.8 Å². The molecule has 0 bridgehead atoms. The molecular formula is C30H28N3O4+. The van der Waals surface area contributed by atoms with Crippen molar-refractivity contribution >= 4 is 11.6 Å². The molecule has 0 radical (unpaired) electrons. The number of aromatic amines is 1. The van der Waals surface area contributed by atoms with Crippen LogP contribution >= 0.6 is 0 Å². The van der Waals surface area contributed by atoms with Crippen LogP contribution in [-0.4, -0.2) is 35.9 Å². The molecule has 1 aromatic heterocycles. The Morgan fingerprint density at radius 2 is 1.70 bits per heavy atom. The number of amides is 1. The molecule has 2 aliphatic rings. The fourth-order valence-corrected chi connectivity index (χ4v) is 5.62. The molecule has 0 saturated carbocycles. The molecule has 0 fully saturated rings. The molecule has 3 heterocycles. The predicted octanol–water partition coefficient (Wildman–Crippen LogP) is 4.81. The molecule has 2 aliphatic heterocycles. The minimum absolute atomic E-state index is 0.00292. The van der Waals surface area contributed by atoms with E-state index in [-0.39, 0.29) is 25.1 Å². The second-order valence-corrected chi connectivity index (χ2v) is 9.02. The number of fused-ring (bicyclic) bond motifs is 4. The number of H-pyrrole nitrogens is 1. The third kappa shape index (κ3) is 3.20. The Kier molecular flexibility index (Phi) is 5.48. The fourth-order valence-electron chi connectivity index (χ4n) is 5.62. The molecule has 186 valence electrons. The Bertz CT molecular complexity index is 1510. The standard InChI is InChI=1S/C30H27N3O4/c1-3-32-24-18-12-11-17-22(24)30(29(32)35)23(28(34)36-4-2)19-37-26-25(20-13-7-5-8-14-20)31-33(27(26)30)21-15-9-6-10-16-21/h5-18,34H,3-4,19H2,1-2H3/p+1/b28-23-/t30-/m0/s1. The number of aliphatic hydroxyl groups is 1. The zero-order valence-electron chi connectivity index (χ0n) is 20.8. The lowest BCUT2D eigenvalue weighted by Crippen LogP contribution is -2.54. The van der Waals surface area contributed by atoms with E-state index >= 15 is 0 Å². The fraction of sp³-hybridized carbons (Fsp3) is 0.200. The topological polar surface area (TPSA) is 78.7 Å². The van der Waals surface area contributed by atoms with Crippen LogP contribution in [0.1, 0.15) is 25.1 Å².